The second-order valence-electron chi connectivity index (χ2n) is 11.3. The average Bonchev–Trinajstić information content (AvgIpc) is 3.56. The number of carbonyl (C=O) groups excluding carboxylic acids is 2. The summed E-state index contributed by atoms with van der Waals surface area (Å²) in [5.74, 6) is -2.54. The van der Waals surface area contributed by atoms with E-state index >= 15 is 0 Å². The molecule has 2 atom stereocenters. The molecule has 5 rings (SSSR count). The standard InChI is InChI=1S/C27H25ClF3N6O3.C9H9NO3/c1-3-39-25(38)20(32)12-16-4-6-17(7-5-16)21-14-23(35-26(33)34-21)40-24(27(29,30)31)19-9-8-18(28)13-22(19)37-11-10-15(2)36-37;11-8(12)6-10-9(13)7-4-2-1-3-5-7/h4-11,13-14,20,24,32H,3,12H2,1-2H3,(H2,33,34,35);1-5H,6H2,(H,10,13)(H,11,12)/q-1;/p+1/t20-,24+;/m0./s1. The number of anilines is 1. The van der Waals surface area contributed by atoms with Crippen molar-refractivity contribution in [1.29, 1.82) is 0 Å². The van der Waals surface area contributed by atoms with Crippen LogP contribution in [0.3, 0.4) is 0 Å². The molecule has 2 heterocycles. The third-order valence-corrected chi connectivity index (χ3v) is 7.52. The van der Waals surface area contributed by atoms with Gasteiger partial charge in [-0.15, -0.1) is 0 Å². The molecule has 0 spiro atoms. The lowest BCUT2D eigenvalue weighted by atomic mass is 10.0. The smallest absolute Gasteiger partial charge is 0.429 e. The molecule has 2 aromatic heterocycles. The summed E-state index contributed by atoms with van der Waals surface area (Å²) in [6.45, 7) is 3.33. The van der Waals surface area contributed by atoms with Gasteiger partial charge in [-0.1, -0.05) is 60.1 Å². The molecular formula is C36H35ClF3N7O6. The summed E-state index contributed by atoms with van der Waals surface area (Å²) in [5.41, 5.74) is 16.2. The molecule has 0 aliphatic rings. The summed E-state index contributed by atoms with van der Waals surface area (Å²) >= 11 is 6.10. The number of nitrogen functional groups attached to an aromatic ring is 1. The summed E-state index contributed by atoms with van der Waals surface area (Å²) in [6, 6.07) is 21.0. The Morgan fingerprint density at radius 3 is 2.32 bits per heavy atom. The van der Waals surface area contributed by atoms with Crippen molar-refractivity contribution in [3.8, 4) is 22.8 Å². The highest BCUT2D eigenvalue weighted by Gasteiger charge is 2.45. The Labute approximate surface area is 306 Å². The van der Waals surface area contributed by atoms with Gasteiger partial charge in [0.25, 0.3) is 5.97 Å². The minimum atomic E-state index is -4.84. The number of halogens is 4. The molecule has 53 heavy (non-hydrogen) atoms. The Morgan fingerprint density at radius 2 is 1.72 bits per heavy atom. The van der Waals surface area contributed by atoms with E-state index in [2.05, 4.69) is 15.1 Å². The number of esters is 1. The summed E-state index contributed by atoms with van der Waals surface area (Å²) in [7, 11) is 0. The lowest BCUT2D eigenvalue weighted by molar-refractivity contribution is -0.544. The molecule has 0 fully saturated rings. The van der Waals surface area contributed by atoms with E-state index in [9.17, 15) is 27.6 Å². The predicted molar refractivity (Wildman–Crippen MR) is 188 cm³/mol. The van der Waals surface area contributed by atoms with Crippen LogP contribution < -0.4 is 15.8 Å². The third-order valence-electron chi connectivity index (χ3n) is 7.28. The summed E-state index contributed by atoms with van der Waals surface area (Å²) in [5, 5.41) is 13.9. The van der Waals surface area contributed by atoms with Crippen LogP contribution in [-0.2, 0) is 20.7 Å². The number of aliphatic carboxylic acids is 1. The number of alkyl halides is 3. The third kappa shape index (κ3) is 11.6. The SMILES string of the molecule is CCOC(=O)[C@@H]([NH-])Cc1ccc(-c2cc(O[C@H](c3ccc(Cl)cc3-n3ccc(C)n3)C(F)(F)F)nc(N)n2)cc1.O=C(O)C[NH2+]C(=O)c1ccccc1. The Bertz CT molecular complexity index is 2030. The molecule has 278 valence electrons. The van der Waals surface area contributed by atoms with Gasteiger partial charge in [-0.2, -0.15) is 23.3 Å². The zero-order valence-corrected chi connectivity index (χ0v) is 29.1. The highest BCUT2D eigenvalue weighted by atomic mass is 35.5. The van der Waals surface area contributed by atoms with E-state index in [1.54, 1.807) is 74.5 Å². The number of nitrogens with two attached hydrogens (primary N) is 2. The number of carboxylic acid groups (broad SMARTS) is 1. The number of benzene rings is 3. The maximum atomic E-state index is 14.4. The number of aromatic nitrogens is 4. The van der Waals surface area contributed by atoms with E-state index in [0.717, 1.165) is 5.32 Å². The maximum Gasteiger partial charge on any atom is 0.429 e. The molecule has 17 heteroatoms. The molecular weight excluding hydrogens is 719 g/mol. The quantitative estimate of drug-likeness (QED) is 0.136. The van der Waals surface area contributed by atoms with E-state index in [-0.39, 0.29) is 59.3 Å². The fourth-order valence-corrected chi connectivity index (χ4v) is 5.00. The lowest BCUT2D eigenvalue weighted by Gasteiger charge is -2.24. The molecule has 0 aliphatic carbocycles. The number of amides is 1. The number of carboxylic acids is 1. The first-order chi connectivity index (χ1) is 25.1. The Morgan fingerprint density at radius 1 is 1.02 bits per heavy atom. The highest BCUT2D eigenvalue weighted by Crippen LogP contribution is 2.40. The van der Waals surface area contributed by atoms with Gasteiger partial charge in [0.05, 0.1) is 29.2 Å². The Kier molecular flexibility index (Phi) is 13.6. The van der Waals surface area contributed by atoms with Crippen LogP contribution in [0.1, 0.15) is 40.2 Å². The molecule has 0 saturated carbocycles. The number of nitrogens with zero attached hydrogens (tertiary/aromatic N) is 4. The van der Waals surface area contributed by atoms with Gasteiger partial charge in [0, 0.05) is 28.4 Å². The molecule has 0 radical (unpaired) electrons. The van der Waals surface area contributed by atoms with E-state index in [0.29, 0.717) is 22.4 Å². The first-order valence-electron chi connectivity index (χ1n) is 16.0. The normalized spacial score (nSPS) is 12.2. The van der Waals surface area contributed by atoms with Gasteiger partial charge in [-0.25, -0.2) is 19.3 Å². The zero-order valence-electron chi connectivity index (χ0n) is 28.4. The Hall–Kier alpha value is -5.84. The second-order valence-corrected chi connectivity index (χ2v) is 11.8. The van der Waals surface area contributed by atoms with Crippen molar-refractivity contribution in [2.75, 3.05) is 18.9 Å². The number of rotatable bonds is 12. The van der Waals surface area contributed by atoms with Crippen LogP contribution in [0.5, 0.6) is 5.88 Å². The minimum absolute atomic E-state index is 0.0938. The van der Waals surface area contributed by atoms with Gasteiger partial charge in [0.2, 0.25) is 17.9 Å². The molecule has 0 unspecified atom stereocenters. The number of hydrogen-bond donors (Lipinski definition) is 3. The van der Waals surface area contributed by atoms with Crippen molar-refractivity contribution < 1.29 is 47.5 Å². The number of aryl methyl sites for hydroxylation is 1. The van der Waals surface area contributed by atoms with Crippen LogP contribution in [0.15, 0.2) is 91.1 Å². The molecule has 13 nitrogen and oxygen atoms in total. The molecule has 1 amide bonds. The number of nitrogens with one attached hydrogen (secondary N) is 1. The number of carbonyl (C=O) groups is 3. The summed E-state index contributed by atoms with van der Waals surface area (Å²) in [4.78, 5) is 41.1. The van der Waals surface area contributed by atoms with Gasteiger partial charge in [0.15, 0.2) is 6.54 Å². The minimum Gasteiger partial charge on any atom is -0.665 e. The molecule has 6 N–H and O–H groups in total. The van der Waals surface area contributed by atoms with Crippen molar-refractivity contribution >= 4 is 35.4 Å². The van der Waals surface area contributed by atoms with Gasteiger partial charge < -0.3 is 26.0 Å². The van der Waals surface area contributed by atoms with E-state index in [1.807, 2.05) is 0 Å². The van der Waals surface area contributed by atoms with E-state index in [4.69, 9.17) is 37.6 Å². The van der Waals surface area contributed by atoms with E-state index in [1.165, 1.54) is 35.1 Å². The molecule has 3 aromatic carbocycles. The van der Waals surface area contributed by atoms with Gasteiger partial charge in [-0.3, -0.25) is 10.1 Å². The summed E-state index contributed by atoms with van der Waals surface area (Å²) in [6.07, 6.45) is -5.60. The number of ether oxygens (including phenoxy) is 2. The first-order valence-corrected chi connectivity index (χ1v) is 16.3. The van der Waals surface area contributed by atoms with Gasteiger partial charge >= 0.3 is 18.1 Å². The van der Waals surface area contributed by atoms with Crippen molar-refractivity contribution in [2.45, 2.75) is 38.6 Å². The molecule has 0 bridgehead atoms. The van der Waals surface area contributed by atoms with Crippen LogP contribution in [0, 0.1) is 6.92 Å². The maximum absolute atomic E-state index is 14.4. The highest BCUT2D eigenvalue weighted by molar-refractivity contribution is 6.30. The fraction of sp³-hybridized carbons (Fsp3) is 0.222. The monoisotopic (exact) mass is 753 g/mol. The van der Waals surface area contributed by atoms with Crippen LogP contribution >= 0.6 is 11.6 Å². The van der Waals surface area contributed by atoms with Gasteiger partial charge in [-0.05, 0) is 62.2 Å². The van der Waals surface area contributed by atoms with Crippen molar-refractivity contribution in [3.05, 3.63) is 124 Å². The predicted octanol–water partition coefficient (Wildman–Crippen LogP) is 5.56. The van der Waals surface area contributed by atoms with Crippen LogP contribution in [-0.4, -0.2) is 68.1 Å². The van der Waals surface area contributed by atoms with Crippen molar-refractivity contribution in [3.63, 3.8) is 0 Å². The number of hydrogen-bond acceptors (Lipinski definition) is 9. The van der Waals surface area contributed by atoms with Crippen LogP contribution in [0.2, 0.25) is 5.02 Å². The first kappa shape index (κ1) is 39.9. The summed E-state index contributed by atoms with van der Waals surface area (Å²) < 4.78 is 54.7. The number of primary amides is 1. The lowest BCUT2D eigenvalue weighted by Crippen LogP contribution is -2.89. The zero-order chi connectivity index (χ0) is 38.7. The van der Waals surface area contributed by atoms with E-state index < -0.39 is 30.3 Å². The number of quaternary nitrogens is 1. The topological polar surface area (TPSA) is 200 Å². The van der Waals surface area contributed by atoms with Crippen molar-refractivity contribution in [1.82, 2.24) is 19.7 Å². The molecule has 0 saturated heterocycles. The molecule has 0 aliphatic heterocycles. The Balaban J connectivity index is 0.000000407. The fourth-order valence-electron chi connectivity index (χ4n) is 4.84. The van der Waals surface area contributed by atoms with Crippen LogP contribution in [0.25, 0.3) is 22.7 Å². The molecule has 5 aromatic rings. The average molecular weight is 754 g/mol. The van der Waals surface area contributed by atoms with Crippen molar-refractivity contribution in [2.24, 2.45) is 0 Å². The van der Waals surface area contributed by atoms with Crippen LogP contribution in [0.4, 0.5) is 19.1 Å². The van der Waals surface area contributed by atoms with Gasteiger partial charge in [0.1, 0.15) is 0 Å². The second kappa shape index (κ2) is 18.1. The largest absolute Gasteiger partial charge is 0.665 e.